The highest BCUT2D eigenvalue weighted by Crippen LogP contribution is 2.40. The predicted molar refractivity (Wildman–Crippen MR) is 104 cm³/mol. The lowest BCUT2D eigenvalue weighted by Crippen LogP contribution is -1.97. The summed E-state index contributed by atoms with van der Waals surface area (Å²) in [6, 6.07) is 17.7. The Bertz CT molecular complexity index is 938. The van der Waals surface area contributed by atoms with Gasteiger partial charge in [0.25, 0.3) is 0 Å². The van der Waals surface area contributed by atoms with Crippen LogP contribution in [0.25, 0.3) is 31.2 Å². The molecule has 118 valence electrons. The zero-order chi connectivity index (χ0) is 15.6. The van der Waals surface area contributed by atoms with Crippen molar-refractivity contribution in [2.24, 2.45) is 0 Å². The lowest BCUT2D eigenvalue weighted by molar-refractivity contribution is 0.585. The van der Waals surface area contributed by atoms with E-state index < -0.39 is 0 Å². The lowest BCUT2D eigenvalue weighted by Gasteiger charge is -2.07. The van der Waals surface area contributed by atoms with Gasteiger partial charge in [0, 0.05) is 27.5 Å². The largest absolute Gasteiger partial charge is 0.339 e. The van der Waals surface area contributed by atoms with Crippen LogP contribution in [0.5, 0.6) is 0 Å². The maximum Gasteiger partial charge on any atom is 0.0681 e. The van der Waals surface area contributed by atoms with E-state index in [1.807, 2.05) is 11.3 Å². The SMILES string of the molecule is CCCCCCCn1c2ccccc2c2sc3ccccc3c21. The maximum absolute atomic E-state index is 2.56. The molecule has 0 atom stereocenters. The normalized spacial score (nSPS) is 11.9. The number of aryl methyl sites for hydroxylation is 1. The van der Waals surface area contributed by atoms with Crippen molar-refractivity contribution in [3.63, 3.8) is 0 Å². The Morgan fingerprint density at radius 3 is 2.43 bits per heavy atom. The molecule has 2 heteroatoms. The van der Waals surface area contributed by atoms with Crippen molar-refractivity contribution < 1.29 is 0 Å². The smallest absolute Gasteiger partial charge is 0.0681 e. The monoisotopic (exact) mass is 321 g/mol. The molecule has 0 aliphatic carbocycles. The number of fused-ring (bicyclic) bond motifs is 5. The van der Waals surface area contributed by atoms with Crippen molar-refractivity contribution in [3.8, 4) is 0 Å². The number of benzene rings is 2. The molecule has 4 rings (SSSR count). The summed E-state index contributed by atoms with van der Waals surface area (Å²) in [6.07, 6.45) is 6.65. The second-order valence-corrected chi connectivity index (χ2v) is 7.41. The summed E-state index contributed by atoms with van der Waals surface area (Å²) in [6.45, 7) is 3.41. The van der Waals surface area contributed by atoms with Gasteiger partial charge >= 0.3 is 0 Å². The zero-order valence-electron chi connectivity index (χ0n) is 13.7. The van der Waals surface area contributed by atoms with Gasteiger partial charge in [-0.15, -0.1) is 11.3 Å². The van der Waals surface area contributed by atoms with Gasteiger partial charge in [-0.05, 0) is 18.6 Å². The molecule has 0 aliphatic rings. The number of nitrogens with zero attached hydrogens (tertiary/aromatic N) is 1. The molecule has 2 aromatic carbocycles. The third-order valence-corrected chi connectivity index (χ3v) is 5.96. The summed E-state index contributed by atoms with van der Waals surface area (Å²) in [5, 5.41) is 2.83. The van der Waals surface area contributed by atoms with Crippen LogP contribution < -0.4 is 0 Å². The van der Waals surface area contributed by atoms with Crippen molar-refractivity contribution in [1.82, 2.24) is 4.57 Å². The summed E-state index contributed by atoms with van der Waals surface area (Å²) < 4.78 is 5.42. The van der Waals surface area contributed by atoms with E-state index in [1.165, 1.54) is 63.3 Å². The van der Waals surface area contributed by atoms with Gasteiger partial charge in [-0.25, -0.2) is 0 Å². The third kappa shape index (κ3) is 2.55. The second kappa shape index (κ2) is 6.37. The quantitative estimate of drug-likeness (QED) is 0.338. The Labute approximate surface area is 141 Å². The van der Waals surface area contributed by atoms with Crippen LogP contribution in [-0.4, -0.2) is 4.57 Å². The summed E-state index contributed by atoms with van der Waals surface area (Å²) in [5.74, 6) is 0. The van der Waals surface area contributed by atoms with Crippen LogP contribution in [-0.2, 0) is 6.54 Å². The van der Waals surface area contributed by atoms with Crippen LogP contribution in [0.4, 0.5) is 0 Å². The highest BCUT2D eigenvalue weighted by atomic mass is 32.1. The van der Waals surface area contributed by atoms with Gasteiger partial charge in [0.15, 0.2) is 0 Å². The highest BCUT2D eigenvalue weighted by Gasteiger charge is 2.15. The third-order valence-electron chi connectivity index (χ3n) is 4.76. The predicted octanol–water partition coefficient (Wildman–Crippen LogP) is 6.98. The second-order valence-electron chi connectivity index (χ2n) is 6.36. The van der Waals surface area contributed by atoms with E-state index in [1.54, 1.807) is 0 Å². The molecule has 2 heterocycles. The van der Waals surface area contributed by atoms with Gasteiger partial charge in [0.1, 0.15) is 0 Å². The number of hydrogen-bond donors (Lipinski definition) is 0. The molecule has 0 bridgehead atoms. The summed E-state index contributed by atoms with van der Waals surface area (Å²) in [7, 11) is 0. The molecule has 0 saturated carbocycles. The number of para-hydroxylation sites is 1. The van der Waals surface area contributed by atoms with Crippen molar-refractivity contribution in [2.75, 3.05) is 0 Å². The first-order chi connectivity index (χ1) is 11.4. The van der Waals surface area contributed by atoms with Crippen molar-refractivity contribution in [2.45, 2.75) is 45.6 Å². The average molecular weight is 321 g/mol. The number of unbranched alkanes of at least 4 members (excludes halogenated alkanes) is 4. The first-order valence-electron chi connectivity index (χ1n) is 8.78. The fourth-order valence-corrected chi connectivity index (χ4v) is 4.85. The topological polar surface area (TPSA) is 4.93 Å². The molecule has 0 spiro atoms. The Hall–Kier alpha value is -1.80. The van der Waals surface area contributed by atoms with Gasteiger partial charge < -0.3 is 4.57 Å². The first kappa shape index (κ1) is 14.8. The Morgan fingerprint density at radius 1 is 0.826 bits per heavy atom. The number of hydrogen-bond acceptors (Lipinski definition) is 1. The molecule has 0 N–H and O–H groups in total. The highest BCUT2D eigenvalue weighted by molar-refractivity contribution is 7.26. The summed E-state index contributed by atoms with van der Waals surface area (Å²) in [5.41, 5.74) is 2.84. The lowest BCUT2D eigenvalue weighted by atomic mass is 10.1. The molecule has 2 aromatic heterocycles. The van der Waals surface area contributed by atoms with Crippen LogP contribution >= 0.6 is 11.3 Å². The van der Waals surface area contributed by atoms with Crippen molar-refractivity contribution in [3.05, 3.63) is 48.5 Å². The van der Waals surface area contributed by atoms with E-state index in [0.29, 0.717) is 0 Å². The fraction of sp³-hybridized carbons (Fsp3) is 0.333. The molecule has 0 fully saturated rings. The molecule has 4 aromatic rings. The molecule has 1 nitrogen and oxygen atoms in total. The van der Waals surface area contributed by atoms with Crippen LogP contribution in [0.1, 0.15) is 39.0 Å². The summed E-state index contributed by atoms with van der Waals surface area (Å²) >= 11 is 1.94. The fourth-order valence-electron chi connectivity index (χ4n) is 3.61. The Balaban J connectivity index is 1.81. The number of aromatic nitrogens is 1. The minimum Gasteiger partial charge on any atom is -0.339 e. The molecule has 23 heavy (non-hydrogen) atoms. The first-order valence-corrected chi connectivity index (χ1v) is 9.60. The number of rotatable bonds is 6. The van der Waals surface area contributed by atoms with Gasteiger partial charge in [0.05, 0.1) is 10.2 Å². The zero-order valence-corrected chi connectivity index (χ0v) is 14.5. The molecule has 0 saturated heterocycles. The van der Waals surface area contributed by atoms with E-state index in [0.717, 1.165) is 6.54 Å². The van der Waals surface area contributed by atoms with Gasteiger partial charge in [-0.3, -0.25) is 0 Å². The van der Waals surface area contributed by atoms with Gasteiger partial charge in [0.2, 0.25) is 0 Å². The van der Waals surface area contributed by atoms with E-state index >= 15 is 0 Å². The maximum atomic E-state index is 2.56. The standard InChI is InChI=1S/C21H23NS/c1-2-3-4-5-10-15-22-18-13-8-6-11-16(18)21-20(22)17-12-7-9-14-19(17)23-21/h6-9,11-14H,2-5,10,15H2,1H3. The van der Waals surface area contributed by atoms with Crippen molar-refractivity contribution >= 4 is 42.5 Å². The minimum atomic E-state index is 1.13. The Morgan fingerprint density at radius 2 is 1.57 bits per heavy atom. The van der Waals surface area contributed by atoms with Crippen LogP contribution in [0.3, 0.4) is 0 Å². The average Bonchev–Trinajstić information content (AvgIpc) is 3.10. The molecule has 0 aliphatic heterocycles. The molecule has 0 radical (unpaired) electrons. The number of thiophene rings is 1. The van der Waals surface area contributed by atoms with Crippen LogP contribution in [0.2, 0.25) is 0 Å². The van der Waals surface area contributed by atoms with E-state index in [-0.39, 0.29) is 0 Å². The summed E-state index contributed by atoms with van der Waals surface area (Å²) in [4.78, 5) is 0. The van der Waals surface area contributed by atoms with Crippen molar-refractivity contribution in [1.29, 1.82) is 0 Å². The van der Waals surface area contributed by atoms with Gasteiger partial charge in [-0.2, -0.15) is 0 Å². The molecule has 0 unspecified atom stereocenters. The van der Waals surface area contributed by atoms with E-state index in [4.69, 9.17) is 0 Å². The molecular weight excluding hydrogens is 298 g/mol. The van der Waals surface area contributed by atoms with Gasteiger partial charge in [-0.1, -0.05) is 69.0 Å². The van der Waals surface area contributed by atoms with E-state index in [9.17, 15) is 0 Å². The van der Waals surface area contributed by atoms with Crippen LogP contribution in [0.15, 0.2) is 48.5 Å². The van der Waals surface area contributed by atoms with E-state index in [2.05, 4.69) is 60.0 Å². The Kier molecular flexibility index (Phi) is 4.09. The molecular formula is C21H23NS. The molecule has 0 amide bonds. The van der Waals surface area contributed by atoms with Crippen LogP contribution in [0, 0.1) is 0 Å². The minimum absolute atomic E-state index is 1.13.